The summed E-state index contributed by atoms with van der Waals surface area (Å²) in [7, 11) is 0. The van der Waals surface area contributed by atoms with E-state index in [9.17, 15) is 0 Å². The van der Waals surface area contributed by atoms with Crippen molar-refractivity contribution in [3.8, 4) is 12.3 Å². The maximum Gasteiger partial charge on any atom is 0.0658 e. The van der Waals surface area contributed by atoms with E-state index in [1.807, 2.05) is 6.92 Å². The first-order valence-electron chi connectivity index (χ1n) is 4.43. The van der Waals surface area contributed by atoms with Crippen LogP contribution >= 0.6 is 0 Å². The molecule has 0 spiro atoms. The molecule has 1 N–H and O–H groups in total. The Balaban J connectivity index is 2.26. The molecule has 0 aromatic rings. The average molecular weight is 167 g/mol. The zero-order chi connectivity index (χ0) is 9.03. The topological polar surface area (TPSA) is 21.3 Å². The molecule has 1 fully saturated rings. The Bertz CT molecular complexity index is 177. The molecule has 2 nitrogen and oxygen atoms in total. The Morgan fingerprint density at radius 3 is 3.00 bits per heavy atom. The second-order valence-corrected chi connectivity index (χ2v) is 3.88. The van der Waals surface area contributed by atoms with Crippen molar-refractivity contribution in [1.82, 2.24) is 5.32 Å². The van der Waals surface area contributed by atoms with Crippen LogP contribution in [-0.2, 0) is 4.74 Å². The molecule has 0 radical (unpaired) electrons. The summed E-state index contributed by atoms with van der Waals surface area (Å²) in [5.41, 5.74) is 0.297. The molecule has 2 atom stereocenters. The third-order valence-corrected chi connectivity index (χ3v) is 2.39. The van der Waals surface area contributed by atoms with Gasteiger partial charge in [0.25, 0.3) is 0 Å². The predicted molar refractivity (Wildman–Crippen MR) is 49.8 cm³/mol. The molecule has 0 saturated carbocycles. The van der Waals surface area contributed by atoms with E-state index in [1.54, 1.807) is 0 Å². The molecule has 2 heteroatoms. The molecular formula is C10H17NO. The Morgan fingerprint density at radius 2 is 2.50 bits per heavy atom. The number of terminal acetylenes is 1. The normalized spacial score (nSPS) is 31.4. The third-order valence-electron chi connectivity index (χ3n) is 2.39. The molecule has 1 saturated heterocycles. The molecule has 1 aliphatic heterocycles. The molecule has 68 valence electrons. The van der Waals surface area contributed by atoms with Crippen molar-refractivity contribution in [1.29, 1.82) is 0 Å². The van der Waals surface area contributed by atoms with Crippen LogP contribution in [0.3, 0.4) is 0 Å². The third kappa shape index (κ3) is 2.51. The van der Waals surface area contributed by atoms with E-state index >= 15 is 0 Å². The number of nitrogens with one attached hydrogen (secondary N) is 1. The van der Waals surface area contributed by atoms with Crippen molar-refractivity contribution in [2.45, 2.75) is 26.3 Å². The molecule has 1 aliphatic rings. The van der Waals surface area contributed by atoms with Gasteiger partial charge >= 0.3 is 0 Å². The molecular weight excluding hydrogens is 150 g/mol. The molecule has 0 aromatic carbocycles. The second-order valence-electron chi connectivity index (χ2n) is 3.88. The summed E-state index contributed by atoms with van der Waals surface area (Å²) < 4.78 is 5.33. The summed E-state index contributed by atoms with van der Waals surface area (Å²) in [5.74, 6) is 2.65. The number of hydrogen-bond acceptors (Lipinski definition) is 2. The van der Waals surface area contributed by atoms with Crippen LogP contribution in [0.1, 0.15) is 20.3 Å². The van der Waals surface area contributed by atoms with E-state index in [4.69, 9.17) is 11.2 Å². The van der Waals surface area contributed by atoms with E-state index in [1.165, 1.54) is 0 Å². The smallest absolute Gasteiger partial charge is 0.0658 e. The summed E-state index contributed by atoms with van der Waals surface area (Å²) in [6.07, 6.45) is 6.39. The first-order chi connectivity index (χ1) is 5.66. The predicted octanol–water partition coefficient (Wildman–Crippen LogP) is 1.02. The van der Waals surface area contributed by atoms with Crippen molar-refractivity contribution in [2.24, 2.45) is 5.41 Å². The molecule has 1 rings (SSSR count). The van der Waals surface area contributed by atoms with Gasteiger partial charge in [0.1, 0.15) is 0 Å². The summed E-state index contributed by atoms with van der Waals surface area (Å²) in [5, 5.41) is 3.30. The van der Waals surface area contributed by atoms with Crippen LogP contribution < -0.4 is 5.32 Å². The van der Waals surface area contributed by atoms with Crippen LogP contribution in [0.15, 0.2) is 0 Å². The maximum atomic E-state index is 5.33. The van der Waals surface area contributed by atoms with Gasteiger partial charge < -0.3 is 10.1 Å². The van der Waals surface area contributed by atoms with Crippen LogP contribution in [0.25, 0.3) is 0 Å². The van der Waals surface area contributed by atoms with Gasteiger partial charge in [0, 0.05) is 18.6 Å². The second kappa shape index (κ2) is 3.93. The Hall–Kier alpha value is -0.520. The van der Waals surface area contributed by atoms with Gasteiger partial charge in [0.2, 0.25) is 0 Å². The van der Waals surface area contributed by atoms with Crippen molar-refractivity contribution in [3.63, 3.8) is 0 Å². The highest BCUT2D eigenvalue weighted by Gasteiger charge is 2.29. The highest BCUT2D eigenvalue weighted by Crippen LogP contribution is 2.26. The van der Waals surface area contributed by atoms with Crippen molar-refractivity contribution < 1.29 is 4.74 Å². The lowest BCUT2D eigenvalue weighted by Gasteiger charge is -2.23. The Morgan fingerprint density at radius 1 is 1.75 bits per heavy atom. The van der Waals surface area contributed by atoms with Crippen LogP contribution in [0, 0.1) is 17.8 Å². The largest absolute Gasteiger partial charge is 0.381 e. The SMILES string of the molecule is C#CC(C)NCC1(C)CCOC1. The lowest BCUT2D eigenvalue weighted by molar-refractivity contribution is 0.158. The van der Waals surface area contributed by atoms with Crippen molar-refractivity contribution in [2.75, 3.05) is 19.8 Å². The minimum absolute atomic E-state index is 0.169. The first-order valence-corrected chi connectivity index (χ1v) is 4.43. The molecule has 0 bridgehead atoms. The van der Waals surface area contributed by atoms with Crippen LogP contribution in [0.4, 0.5) is 0 Å². The van der Waals surface area contributed by atoms with Gasteiger partial charge in [-0.05, 0) is 13.3 Å². The van der Waals surface area contributed by atoms with E-state index in [-0.39, 0.29) is 6.04 Å². The number of ether oxygens (including phenoxy) is 1. The summed E-state index contributed by atoms with van der Waals surface area (Å²) in [6, 6.07) is 0.169. The van der Waals surface area contributed by atoms with Gasteiger partial charge in [-0.25, -0.2) is 0 Å². The molecule has 0 aromatic heterocycles. The van der Waals surface area contributed by atoms with Crippen molar-refractivity contribution >= 4 is 0 Å². The molecule has 2 unspecified atom stereocenters. The van der Waals surface area contributed by atoms with Crippen LogP contribution in [0.5, 0.6) is 0 Å². The highest BCUT2D eigenvalue weighted by molar-refractivity contribution is 4.97. The highest BCUT2D eigenvalue weighted by atomic mass is 16.5. The minimum atomic E-state index is 0.169. The van der Waals surface area contributed by atoms with E-state index < -0.39 is 0 Å². The van der Waals surface area contributed by atoms with Crippen LogP contribution in [0.2, 0.25) is 0 Å². The fourth-order valence-electron chi connectivity index (χ4n) is 1.31. The molecule has 12 heavy (non-hydrogen) atoms. The standard InChI is InChI=1S/C10H17NO/c1-4-9(2)11-7-10(3)5-6-12-8-10/h1,9,11H,5-8H2,2-3H3. The minimum Gasteiger partial charge on any atom is -0.381 e. The zero-order valence-electron chi connectivity index (χ0n) is 7.89. The van der Waals surface area contributed by atoms with Crippen molar-refractivity contribution in [3.05, 3.63) is 0 Å². The van der Waals surface area contributed by atoms with Gasteiger partial charge in [0.15, 0.2) is 0 Å². The lowest BCUT2D eigenvalue weighted by atomic mass is 9.90. The fourth-order valence-corrected chi connectivity index (χ4v) is 1.31. The van der Waals surface area contributed by atoms with E-state index in [2.05, 4.69) is 18.2 Å². The van der Waals surface area contributed by atoms with Gasteiger partial charge in [-0.3, -0.25) is 0 Å². The number of hydrogen-bond donors (Lipinski definition) is 1. The van der Waals surface area contributed by atoms with Gasteiger partial charge in [-0.1, -0.05) is 12.8 Å². The summed E-state index contributed by atoms with van der Waals surface area (Å²) in [4.78, 5) is 0. The first kappa shape index (κ1) is 9.57. The summed E-state index contributed by atoms with van der Waals surface area (Å²) >= 11 is 0. The van der Waals surface area contributed by atoms with Gasteiger partial charge in [-0.15, -0.1) is 6.42 Å². The van der Waals surface area contributed by atoms with Crippen LogP contribution in [-0.4, -0.2) is 25.8 Å². The molecule has 0 amide bonds. The van der Waals surface area contributed by atoms with Gasteiger partial charge in [-0.2, -0.15) is 0 Å². The fraction of sp³-hybridized carbons (Fsp3) is 0.800. The van der Waals surface area contributed by atoms with E-state index in [0.717, 1.165) is 26.2 Å². The monoisotopic (exact) mass is 167 g/mol. The zero-order valence-corrected chi connectivity index (χ0v) is 7.89. The quantitative estimate of drug-likeness (QED) is 0.634. The van der Waals surface area contributed by atoms with Gasteiger partial charge in [0.05, 0.1) is 12.6 Å². The van der Waals surface area contributed by atoms with E-state index in [0.29, 0.717) is 5.41 Å². The molecule has 1 heterocycles. The Labute approximate surface area is 74.7 Å². The Kier molecular flexibility index (Phi) is 3.13. The lowest BCUT2D eigenvalue weighted by Crippen LogP contribution is -2.36. The number of rotatable bonds is 3. The maximum absolute atomic E-state index is 5.33. The summed E-state index contributed by atoms with van der Waals surface area (Å²) in [6.45, 7) is 6.94. The molecule has 0 aliphatic carbocycles. The average Bonchev–Trinajstić information content (AvgIpc) is 2.49.